The Morgan fingerprint density at radius 3 is 2.52 bits per heavy atom. The van der Waals surface area contributed by atoms with Gasteiger partial charge in [0.1, 0.15) is 0 Å². The van der Waals surface area contributed by atoms with Crippen molar-refractivity contribution in [1.82, 2.24) is 15.5 Å². The van der Waals surface area contributed by atoms with Crippen molar-refractivity contribution in [2.75, 3.05) is 33.2 Å². The molecule has 0 amide bonds. The van der Waals surface area contributed by atoms with Gasteiger partial charge in [0.05, 0.1) is 0 Å². The highest BCUT2D eigenvalue weighted by Gasteiger charge is 2.07. The first kappa shape index (κ1) is 24.5. The van der Waals surface area contributed by atoms with Crippen LogP contribution in [0.1, 0.15) is 39.2 Å². The van der Waals surface area contributed by atoms with E-state index in [1.165, 1.54) is 6.42 Å². The molecule has 0 saturated heterocycles. The van der Waals surface area contributed by atoms with Crippen molar-refractivity contribution < 1.29 is 0 Å². The number of guanidine groups is 1. The van der Waals surface area contributed by atoms with E-state index >= 15 is 0 Å². The van der Waals surface area contributed by atoms with Gasteiger partial charge in [-0.15, -0.1) is 24.0 Å². The quantitative estimate of drug-likeness (QED) is 0.300. The largest absolute Gasteiger partial charge is 0.356 e. The van der Waals surface area contributed by atoms with Gasteiger partial charge in [0, 0.05) is 24.7 Å². The molecular formula is C19H34ClIN4. The second-order valence-electron chi connectivity index (χ2n) is 6.05. The highest BCUT2D eigenvalue weighted by atomic mass is 127. The van der Waals surface area contributed by atoms with E-state index in [0.717, 1.165) is 55.6 Å². The van der Waals surface area contributed by atoms with E-state index in [-0.39, 0.29) is 24.0 Å². The SMILES string of the molecule is CCN(CC)CCCC(C)NC(=NC)NCCc1ccccc1Cl.I. The van der Waals surface area contributed by atoms with Crippen LogP contribution in [0.25, 0.3) is 0 Å². The van der Waals surface area contributed by atoms with Gasteiger partial charge in [-0.3, -0.25) is 4.99 Å². The molecular weight excluding hydrogens is 447 g/mol. The van der Waals surface area contributed by atoms with Crippen molar-refractivity contribution >= 4 is 41.5 Å². The Bertz CT molecular complexity index is 492. The lowest BCUT2D eigenvalue weighted by atomic mass is 10.1. The van der Waals surface area contributed by atoms with Crippen LogP contribution >= 0.6 is 35.6 Å². The molecule has 0 aliphatic carbocycles. The molecule has 4 nitrogen and oxygen atoms in total. The van der Waals surface area contributed by atoms with Gasteiger partial charge < -0.3 is 15.5 Å². The zero-order valence-electron chi connectivity index (χ0n) is 16.0. The highest BCUT2D eigenvalue weighted by Crippen LogP contribution is 2.14. The third-order valence-corrected chi connectivity index (χ3v) is 4.63. The molecule has 0 saturated carbocycles. The normalized spacial score (nSPS) is 12.6. The van der Waals surface area contributed by atoms with Crippen LogP contribution < -0.4 is 10.6 Å². The van der Waals surface area contributed by atoms with Crippen molar-refractivity contribution in [2.24, 2.45) is 4.99 Å². The first-order valence-corrected chi connectivity index (χ1v) is 9.41. The summed E-state index contributed by atoms with van der Waals surface area (Å²) in [6.07, 6.45) is 3.23. The number of nitrogens with zero attached hydrogens (tertiary/aromatic N) is 2. The zero-order valence-corrected chi connectivity index (χ0v) is 19.1. The van der Waals surface area contributed by atoms with E-state index in [0.29, 0.717) is 6.04 Å². The molecule has 0 fully saturated rings. The molecule has 0 aliphatic heterocycles. The van der Waals surface area contributed by atoms with E-state index < -0.39 is 0 Å². The lowest BCUT2D eigenvalue weighted by molar-refractivity contribution is 0.292. The molecule has 0 heterocycles. The van der Waals surface area contributed by atoms with Gasteiger partial charge in [0.15, 0.2) is 5.96 Å². The predicted molar refractivity (Wildman–Crippen MR) is 122 cm³/mol. The summed E-state index contributed by atoms with van der Waals surface area (Å²) in [6, 6.07) is 8.39. The van der Waals surface area contributed by atoms with Crippen LogP contribution in [0.2, 0.25) is 5.02 Å². The van der Waals surface area contributed by atoms with Crippen LogP contribution in [0.3, 0.4) is 0 Å². The molecule has 1 atom stereocenters. The Morgan fingerprint density at radius 1 is 1.24 bits per heavy atom. The molecule has 25 heavy (non-hydrogen) atoms. The van der Waals surface area contributed by atoms with Crippen molar-refractivity contribution in [2.45, 2.75) is 46.1 Å². The molecule has 0 radical (unpaired) electrons. The van der Waals surface area contributed by atoms with Crippen LogP contribution in [0, 0.1) is 0 Å². The Balaban J connectivity index is 0.00000576. The van der Waals surface area contributed by atoms with E-state index in [4.69, 9.17) is 11.6 Å². The molecule has 6 heteroatoms. The monoisotopic (exact) mass is 480 g/mol. The third kappa shape index (κ3) is 10.3. The van der Waals surface area contributed by atoms with Crippen molar-refractivity contribution in [1.29, 1.82) is 0 Å². The highest BCUT2D eigenvalue weighted by molar-refractivity contribution is 14.0. The molecule has 1 aromatic rings. The topological polar surface area (TPSA) is 39.7 Å². The van der Waals surface area contributed by atoms with Gasteiger partial charge >= 0.3 is 0 Å². The number of hydrogen-bond donors (Lipinski definition) is 2. The van der Waals surface area contributed by atoms with Gasteiger partial charge in [0.25, 0.3) is 0 Å². The van der Waals surface area contributed by atoms with Crippen molar-refractivity contribution in [3.05, 3.63) is 34.9 Å². The smallest absolute Gasteiger partial charge is 0.191 e. The number of halogens is 2. The maximum atomic E-state index is 6.19. The summed E-state index contributed by atoms with van der Waals surface area (Å²) in [5.41, 5.74) is 1.16. The number of benzene rings is 1. The van der Waals surface area contributed by atoms with Gasteiger partial charge in [-0.2, -0.15) is 0 Å². The number of hydrogen-bond acceptors (Lipinski definition) is 2. The second-order valence-corrected chi connectivity index (χ2v) is 6.46. The first-order chi connectivity index (χ1) is 11.6. The summed E-state index contributed by atoms with van der Waals surface area (Å²) in [6.45, 7) is 10.9. The van der Waals surface area contributed by atoms with Gasteiger partial charge in [-0.1, -0.05) is 43.6 Å². The summed E-state index contributed by atoms with van der Waals surface area (Å²) in [7, 11) is 1.81. The van der Waals surface area contributed by atoms with Crippen LogP contribution in [0.4, 0.5) is 0 Å². The minimum Gasteiger partial charge on any atom is -0.356 e. The zero-order chi connectivity index (χ0) is 17.8. The van der Waals surface area contributed by atoms with Crippen LogP contribution in [-0.4, -0.2) is 50.1 Å². The summed E-state index contributed by atoms with van der Waals surface area (Å²) in [5.74, 6) is 0.859. The van der Waals surface area contributed by atoms with Crippen LogP contribution in [0.5, 0.6) is 0 Å². The fourth-order valence-corrected chi connectivity index (χ4v) is 2.91. The van der Waals surface area contributed by atoms with Crippen molar-refractivity contribution in [3.8, 4) is 0 Å². The lowest BCUT2D eigenvalue weighted by Crippen LogP contribution is -2.43. The van der Waals surface area contributed by atoms with Gasteiger partial charge in [0.2, 0.25) is 0 Å². The van der Waals surface area contributed by atoms with Crippen LogP contribution in [-0.2, 0) is 6.42 Å². The molecule has 2 N–H and O–H groups in total. The van der Waals surface area contributed by atoms with Gasteiger partial charge in [-0.05, 0) is 57.5 Å². The predicted octanol–water partition coefficient (Wildman–Crippen LogP) is 4.18. The van der Waals surface area contributed by atoms with E-state index in [9.17, 15) is 0 Å². The number of nitrogens with one attached hydrogen (secondary N) is 2. The van der Waals surface area contributed by atoms with E-state index in [2.05, 4.69) is 47.4 Å². The molecule has 0 aliphatic rings. The van der Waals surface area contributed by atoms with Gasteiger partial charge in [-0.25, -0.2) is 0 Å². The summed E-state index contributed by atoms with van der Waals surface area (Å²) >= 11 is 6.19. The molecule has 1 unspecified atom stereocenters. The van der Waals surface area contributed by atoms with E-state index in [1.54, 1.807) is 0 Å². The molecule has 0 spiro atoms. The Hall–Kier alpha value is -0.530. The summed E-state index contributed by atoms with van der Waals surface area (Å²) in [4.78, 5) is 6.77. The third-order valence-electron chi connectivity index (χ3n) is 4.26. The van der Waals surface area contributed by atoms with E-state index in [1.807, 2.05) is 25.2 Å². The number of aliphatic imine (C=N–C) groups is 1. The fourth-order valence-electron chi connectivity index (χ4n) is 2.68. The first-order valence-electron chi connectivity index (χ1n) is 9.03. The summed E-state index contributed by atoms with van der Waals surface area (Å²) in [5, 5.41) is 7.66. The average Bonchev–Trinajstić information content (AvgIpc) is 2.59. The lowest BCUT2D eigenvalue weighted by Gasteiger charge is -2.21. The maximum absolute atomic E-state index is 6.19. The molecule has 1 rings (SSSR count). The molecule has 1 aromatic carbocycles. The van der Waals surface area contributed by atoms with Crippen molar-refractivity contribution in [3.63, 3.8) is 0 Å². The number of rotatable bonds is 10. The minimum absolute atomic E-state index is 0. The molecule has 144 valence electrons. The maximum Gasteiger partial charge on any atom is 0.191 e. The Morgan fingerprint density at radius 2 is 1.92 bits per heavy atom. The average molecular weight is 481 g/mol. The second kappa shape index (κ2) is 14.6. The summed E-state index contributed by atoms with van der Waals surface area (Å²) < 4.78 is 0. The Kier molecular flexibility index (Phi) is 14.3. The van der Waals surface area contributed by atoms with Crippen LogP contribution in [0.15, 0.2) is 29.3 Å². The standard InChI is InChI=1S/C19H33ClN4.HI/c1-5-24(6-2)15-9-10-16(3)23-19(21-4)22-14-13-17-11-7-8-12-18(17)20;/h7-8,11-12,16H,5-6,9-10,13-15H2,1-4H3,(H2,21,22,23);1H. The molecule has 0 aromatic heterocycles. The molecule has 0 bridgehead atoms. The fraction of sp³-hybridized carbons (Fsp3) is 0.632. The minimum atomic E-state index is 0. The Labute approximate surface area is 175 Å².